The third kappa shape index (κ3) is 20.4. The number of aromatic nitrogens is 4. The summed E-state index contributed by atoms with van der Waals surface area (Å²) in [6.45, 7) is 41.5. The standard InChI is InChI=1S/C34H36NSi.C33H34NSi.C32H31FNSi.C32H32NSi.CH4/c1-24(2)32-22-28(26-13-9-7-10-14-26)23-33(25(32)3)34-31-18-17-30(21-27(31)19-20-35(34)4)36(5,6)29-15-11-8-12-16-29;1-23-19-27(26-13-9-7-10-14-26)22-32(25(23)3)33-31-18-17-30(21-28(31)20-24(2)34(33)4)35(5,6)29-15-11-8-12-16-29;1-22-18-31(33)30(24-12-8-6-9-13-24)21-29(22)32-28-17-16-27(20-25(28)19-23(2)34(32)3)35(4,5)26-14-10-7-11-15-26;1-23-16-17-26(25-12-8-6-9-13-25)22-31(23)32-30-19-18-29(21-27(30)20-24(2)33(32)3)34(4,5)28-14-10-7-11-15-28;/h7-24H,1-6H3;7-22H,1-6H3;6-21H,1-5H3;6-22H,1-5H3;1H4/q4*+1;/i20D;;;;. The Morgan fingerprint density at radius 1 is 0.241 bits per heavy atom. The number of hydrogen-bond acceptors (Lipinski definition) is 0. The van der Waals surface area contributed by atoms with Gasteiger partial charge in [-0.3, -0.25) is 0 Å². The molecule has 4 aromatic heterocycles. The molecule has 20 aromatic rings. The first-order valence-corrected chi connectivity index (χ1v) is 61.5. The van der Waals surface area contributed by atoms with Crippen LogP contribution in [0.3, 0.4) is 0 Å². The summed E-state index contributed by atoms with van der Waals surface area (Å²) < 4.78 is 32.9. The molecule has 0 aliphatic heterocycles. The SMILES string of the molecule is C.Cc1cc(-c2ccccc2)cc(-c2c3ccc([Si](C)(C)c4ccccc4)cc3cc(C)[n+]2C)c1C.Cc1cc(F)c(-c2ccccc2)cc1-c1c2ccc([Si](C)(C)c3ccccc3)cc2cc(C)[n+]1C.Cc1ccc(-c2ccccc2)cc1-c1c2ccc([Si](C)(C)c3ccccc3)cc2cc(C)[n+]1C.[2H]c1cc2cc([Si](C)(C)c3ccccc3)ccc2c(-c2cc(-c3ccccc3)cc(C(C)C)c2C)[n+]1C. The van der Waals surface area contributed by atoms with Crippen LogP contribution in [0.2, 0.25) is 52.4 Å². The quantitative estimate of drug-likeness (QED) is 0.0638. The lowest BCUT2D eigenvalue weighted by molar-refractivity contribution is -0.665. The fourth-order valence-corrected chi connectivity index (χ4v) is 30.2. The van der Waals surface area contributed by atoms with Crippen LogP contribution in [0.1, 0.15) is 79.0 Å². The summed E-state index contributed by atoms with van der Waals surface area (Å²) in [5.41, 5.74) is 30.0. The molecule has 0 amide bonds. The molecule has 704 valence electrons. The number of pyridine rings is 4. The predicted octanol–water partition coefficient (Wildman–Crippen LogP) is 27.6. The molecule has 0 spiro atoms. The smallest absolute Gasteiger partial charge is 0.206 e. The Morgan fingerprint density at radius 3 is 0.915 bits per heavy atom. The highest BCUT2D eigenvalue weighted by Crippen LogP contribution is 2.41. The molecule has 4 nitrogen and oxygen atoms in total. The highest BCUT2D eigenvalue weighted by atomic mass is 28.3. The largest absolute Gasteiger partial charge is 0.220 e. The number of halogens is 1. The maximum absolute atomic E-state index is 15.1. The van der Waals surface area contributed by atoms with Gasteiger partial charge < -0.3 is 0 Å². The van der Waals surface area contributed by atoms with E-state index in [1.165, 1.54) is 186 Å². The summed E-state index contributed by atoms with van der Waals surface area (Å²) in [7, 11) is 1.28. The highest BCUT2D eigenvalue weighted by molar-refractivity contribution is 7.02. The molecule has 0 aliphatic carbocycles. The molecule has 0 N–H and O–H groups in total. The van der Waals surface area contributed by atoms with Gasteiger partial charge in [0.25, 0.3) is 0 Å². The van der Waals surface area contributed by atoms with Gasteiger partial charge in [0.1, 0.15) is 67.7 Å². The van der Waals surface area contributed by atoms with Crippen LogP contribution in [0.4, 0.5) is 4.39 Å². The fraction of sp³-hybridized carbons (Fsp3) is 0.182. The second kappa shape index (κ2) is 41.8. The van der Waals surface area contributed by atoms with Crippen molar-refractivity contribution < 1.29 is 24.0 Å². The summed E-state index contributed by atoms with van der Waals surface area (Å²) in [6.07, 6.45) is 0.523. The van der Waals surface area contributed by atoms with Gasteiger partial charge in [0.05, 0.1) is 43.8 Å². The van der Waals surface area contributed by atoms with Crippen LogP contribution in [-0.4, -0.2) is 32.3 Å². The summed E-state index contributed by atoms with van der Waals surface area (Å²) in [4.78, 5) is 0. The molecule has 0 aliphatic rings. The van der Waals surface area contributed by atoms with E-state index in [2.05, 4.69) is 495 Å². The van der Waals surface area contributed by atoms with Gasteiger partial charge in [0, 0.05) is 50.6 Å². The molecule has 20 rings (SSSR count). The summed E-state index contributed by atoms with van der Waals surface area (Å²) in [5, 5.41) is 21.6. The highest BCUT2D eigenvalue weighted by Gasteiger charge is 2.35. The third-order valence-corrected chi connectivity index (χ3v) is 44.4. The second-order valence-electron chi connectivity index (χ2n) is 40.9. The Kier molecular flexibility index (Phi) is 29.2. The molecule has 0 atom stereocenters. The Morgan fingerprint density at radius 2 is 0.546 bits per heavy atom. The van der Waals surface area contributed by atoms with Crippen LogP contribution in [0, 0.1) is 61.2 Å². The number of rotatable bonds is 17. The van der Waals surface area contributed by atoms with Crippen LogP contribution in [0.15, 0.2) is 400 Å². The molecular weight excluding hydrogens is 1770 g/mol. The van der Waals surface area contributed by atoms with Crippen molar-refractivity contribution in [1.82, 2.24) is 0 Å². The van der Waals surface area contributed by atoms with Gasteiger partial charge in [-0.2, -0.15) is 13.7 Å². The third-order valence-electron chi connectivity index (χ3n) is 30.2. The zero-order valence-electron chi connectivity index (χ0n) is 86.8. The van der Waals surface area contributed by atoms with E-state index in [0.29, 0.717) is 17.7 Å². The maximum atomic E-state index is 15.1. The van der Waals surface area contributed by atoms with Crippen molar-refractivity contribution >= 4 is 117 Å². The van der Waals surface area contributed by atoms with Crippen molar-refractivity contribution in [3.05, 3.63) is 457 Å². The van der Waals surface area contributed by atoms with Crippen molar-refractivity contribution in [2.45, 2.75) is 135 Å². The lowest BCUT2D eigenvalue weighted by Gasteiger charge is -2.24. The molecule has 16 aromatic carbocycles. The Labute approximate surface area is 844 Å². The van der Waals surface area contributed by atoms with Gasteiger partial charge in [-0.05, 0) is 189 Å². The second-order valence-corrected chi connectivity index (χ2v) is 58.6. The van der Waals surface area contributed by atoms with E-state index in [1.807, 2.05) is 61.0 Å². The van der Waals surface area contributed by atoms with E-state index < -0.39 is 32.3 Å². The number of nitrogens with zero attached hydrogens (tertiary/aromatic N) is 4. The minimum Gasteiger partial charge on any atom is -0.206 e. The lowest BCUT2D eigenvalue weighted by atomic mass is 9.87. The van der Waals surface area contributed by atoms with Gasteiger partial charge in [-0.25, -0.2) is 8.96 Å². The van der Waals surface area contributed by atoms with Crippen molar-refractivity contribution in [3.8, 4) is 89.5 Å². The van der Waals surface area contributed by atoms with Crippen LogP contribution < -0.4 is 59.8 Å². The van der Waals surface area contributed by atoms with Crippen LogP contribution in [0.5, 0.6) is 0 Å². The average Bonchev–Trinajstić information content (AvgIpc) is 0.752. The zero-order chi connectivity index (χ0) is 99.7. The number of aryl methyl sites for hydroxylation is 6. The molecule has 0 saturated carbocycles. The molecule has 9 heteroatoms. The minimum absolute atomic E-state index is 0. The Bertz CT molecular complexity index is 8050. The molecule has 4 heterocycles. The monoisotopic (exact) mass is 1910 g/mol. The molecule has 141 heavy (non-hydrogen) atoms. The Hall–Kier alpha value is -14.0. The van der Waals surface area contributed by atoms with Gasteiger partial charge in [0.15, 0.2) is 23.3 Å². The first-order valence-electron chi connectivity index (χ1n) is 50.0. The number of benzene rings is 16. The minimum atomic E-state index is -1.86. The van der Waals surface area contributed by atoms with Gasteiger partial charge in [-0.15, -0.1) is 0 Å². The van der Waals surface area contributed by atoms with E-state index in [9.17, 15) is 0 Å². The number of hydrogen-bond donors (Lipinski definition) is 0. The average molecular weight is 1910 g/mol. The maximum Gasteiger partial charge on any atom is 0.220 e. The predicted molar refractivity (Wildman–Crippen MR) is 615 cm³/mol. The van der Waals surface area contributed by atoms with Crippen molar-refractivity contribution in [1.29, 1.82) is 0 Å². The Balaban J connectivity index is 0.000000136. The van der Waals surface area contributed by atoms with Crippen LogP contribution in [-0.2, 0) is 28.2 Å². The normalized spacial score (nSPS) is 11.8. The zero-order valence-corrected chi connectivity index (χ0v) is 89.8. The molecule has 0 saturated heterocycles. The van der Waals surface area contributed by atoms with Gasteiger partial charge in [0.2, 0.25) is 22.8 Å². The van der Waals surface area contributed by atoms with E-state index in [0.717, 1.165) is 33.5 Å². The van der Waals surface area contributed by atoms with E-state index in [-0.39, 0.29) is 13.2 Å². The molecule has 0 radical (unpaired) electrons. The van der Waals surface area contributed by atoms with E-state index >= 15 is 4.39 Å². The van der Waals surface area contributed by atoms with Crippen molar-refractivity contribution in [2.24, 2.45) is 28.2 Å². The fourth-order valence-electron chi connectivity index (χ4n) is 20.7. The molecule has 0 unspecified atom stereocenters. The number of fused-ring (bicyclic) bond motifs is 4. The topological polar surface area (TPSA) is 15.5 Å². The van der Waals surface area contributed by atoms with Gasteiger partial charge in [-0.1, -0.05) is 431 Å². The van der Waals surface area contributed by atoms with E-state index in [1.54, 1.807) is 6.07 Å². The van der Waals surface area contributed by atoms with Crippen molar-refractivity contribution in [3.63, 3.8) is 0 Å². The van der Waals surface area contributed by atoms with Crippen LogP contribution >= 0.6 is 0 Å². The van der Waals surface area contributed by atoms with E-state index in [4.69, 9.17) is 1.37 Å². The van der Waals surface area contributed by atoms with Crippen molar-refractivity contribution in [2.75, 3.05) is 0 Å². The molecular formula is C132H137FN4Si4+4. The lowest BCUT2D eigenvalue weighted by Crippen LogP contribution is -2.52. The summed E-state index contributed by atoms with van der Waals surface area (Å²) in [6, 6.07) is 143. The summed E-state index contributed by atoms with van der Waals surface area (Å²) >= 11 is 0. The first kappa shape index (κ1) is 98.6. The van der Waals surface area contributed by atoms with Gasteiger partial charge >= 0.3 is 0 Å². The summed E-state index contributed by atoms with van der Waals surface area (Å²) in [5.74, 6) is 0.220. The van der Waals surface area contributed by atoms with Crippen LogP contribution in [0.25, 0.3) is 133 Å². The molecule has 0 bridgehead atoms. The first-order chi connectivity index (χ1) is 67.6. The molecule has 0 fully saturated rings.